The quantitative estimate of drug-likeness (QED) is 0.477. The molecule has 0 spiro atoms. The van der Waals surface area contributed by atoms with Crippen LogP contribution in [0.25, 0.3) is 0 Å². The lowest BCUT2D eigenvalue weighted by molar-refractivity contribution is -0.682. The van der Waals surface area contributed by atoms with Crippen LogP contribution in [0.4, 0.5) is 17.1 Å². The van der Waals surface area contributed by atoms with Crippen molar-refractivity contribution in [3.8, 4) is 11.5 Å². The third-order valence-corrected chi connectivity index (χ3v) is 5.00. The van der Waals surface area contributed by atoms with Gasteiger partial charge in [0.25, 0.3) is 0 Å². The minimum atomic E-state index is 0.0824. The molecule has 0 aliphatic carbocycles. The number of hydrogen-bond donors (Lipinski definition) is 1. The van der Waals surface area contributed by atoms with Crippen LogP contribution in [-0.4, -0.2) is 5.78 Å². The fraction of sp³-hybridized carbons (Fsp3) is 0. The van der Waals surface area contributed by atoms with E-state index in [1.807, 2.05) is 91.0 Å². The van der Waals surface area contributed by atoms with Gasteiger partial charge in [0.05, 0.1) is 11.1 Å². The van der Waals surface area contributed by atoms with Gasteiger partial charge in [-0.3, -0.25) is 4.79 Å². The van der Waals surface area contributed by atoms with E-state index in [1.165, 1.54) is 0 Å². The van der Waals surface area contributed by atoms with Crippen LogP contribution in [0.1, 0.15) is 15.9 Å². The summed E-state index contributed by atoms with van der Waals surface area (Å²) < 4.78 is 5.91. The molecular formula is C25H18NO2+. The van der Waals surface area contributed by atoms with Gasteiger partial charge in [-0.15, -0.1) is 0 Å². The Labute approximate surface area is 163 Å². The summed E-state index contributed by atoms with van der Waals surface area (Å²) in [5, 5.41) is 0. The topological polar surface area (TPSA) is 30.7 Å². The summed E-state index contributed by atoms with van der Waals surface area (Å²) in [6.45, 7) is 0. The van der Waals surface area contributed by atoms with Crippen molar-refractivity contribution in [1.29, 1.82) is 0 Å². The summed E-state index contributed by atoms with van der Waals surface area (Å²) >= 11 is 0. The van der Waals surface area contributed by atoms with Crippen LogP contribution in [-0.2, 0) is 0 Å². The minimum absolute atomic E-state index is 0.0824. The number of carbonyl (C=O) groups excluding carboxylic acids is 1. The van der Waals surface area contributed by atoms with E-state index in [-0.39, 0.29) is 5.78 Å². The second-order valence-corrected chi connectivity index (χ2v) is 6.73. The van der Waals surface area contributed by atoms with Crippen molar-refractivity contribution < 1.29 is 14.4 Å². The highest BCUT2D eigenvalue weighted by atomic mass is 16.5. The minimum Gasteiger partial charge on any atom is -0.457 e. The zero-order valence-electron chi connectivity index (χ0n) is 15.1. The molecule has 0 fully saturated rings. The molecule has 28 heavy (non-hydrogen) atoms. The van der Waals surface area contributed by atoms with Crippen molar-refractivity contribution in [2.75, 3.05) is 0 Å². The van der Waals surface area contributed by atoms with E-state index in [1.54, 1.807) is 0 Å². The molecule has 0 saturated heterocycles. The highest BCUT2D eigenvalue weighted by Gasteiger charge is 2.34. The zero-order chi connectivity index (χ0) is 18.9. The first-order valence-electron chi connectivity index (χ1n) is 9.25. The van der Waals surface area contributed by atoms with Gasteiger partial charge < -0.3 is 4.74 Å². The van der Waals surface area contributed by atoms with Gasteiger partial charge in [0.15, 0.2) is 11.4 Å². The molecule has 0 amide bonds. The zero-order valence-corrected chi connectivity index (χ0v) is 15.1. The first-order chi connectivity index (χ1) is 13.8. The van der Waals surface area contributed by atoms with Crippen LogP contribution in [0.2, 0.25) is 0 Å². The number of hydrogen-bond acceptors (Lipinski definition) is 2. The number of para-hydroxylation sites is 3. The average molecular weight is 364 g/mol. The average Bonchev–Trinajstić information content (AvgIpc) is 2.76. The molecule has 1 aliphatic rings. The highest BCUT2D eigenvalue weighted by Crippen LogP contribution is 2.30. The van der Waals surface area contributed by atoms with Gasteiger partial charge in [0.1, 0.15) is 17.2 Å². The Kier molecular flexibility index (Phi) is 4.00. The number of ether oxygens (including phenoxy) is 1. The Bertz CT molecular complexity index is 1100. The molecule has 134 valence electrons. The van der Waals surface area contributed by atoms with Gasteiger partial charge in [-0.05, 0) is 36.4 Å². The SMILES string of the molecule is O=C1c2ccccc2[NH+](c2ccc(Oc3ccccc3)cc2)c2ccccc21. The van der Waals surface area contributed by atoms with Crippen molar-refractivity contribution >= 4 is 22.8 Å². The molecule has 0 aromatic heterocycles. The van der Waals surface area contributed by atoms with Gasteiger partial charge >= 0.3 is 0 Å². The molecule has 4 aromatic carbocycles. The predicted octanol–water partition coefficient (Wildman–Crippen LogP) is 5.20. The molecular weight excluding hydrogens is 346 g/mol. The second kappa shape index (κ2) is 6.80. The predicted molar refractivity (Wildman–Crippen MR) is 109 cm³/mol. The Morgan fingerprint density at radius 1 is 0.536 bits per heavy atom. The maximum Gasteiger partial charge on any atom is 0.205 e. The van der Waals surface area contributed by atoms with Gasteiger partial charge in [-0.25, -0.2) is 4.90 Å². The van der Waals surface area contributed by atoms with Crippen LogP contribution in [0, 0.1) is 0 Å². The lowest BCUT2D eigenvalue weighted by Crippen LogP contribution is -2.98. The molecule has 1 N–H and O–H groups in total. The van der Waals surface area contributed by atoms with Crippen molar-refractivity contribution in [2.45, 2.75) is 0 Å². The molecule has 1 heterocycles. The summed E-state index contributed by atoms with van der Waals surface area (Å²) in [4.78, 5) is 14.0. The van der Waals surface area contributed by atoms with Gasteiger partial charge in [-0.2, -0.15) is 0 Å². The molecule has 0 atom stereocenters. The van der Waals surface area contributed by atoms with Crippen molar-refractivity contribution in [3.05, 3.63) is 114 Å². The lowest BCUT2D eigenvalue weighted by atomic mass is 9.94. The monoisotopic (exact) mass is 364 g/mol. The Morgan fingerprint density at radius 3 is 1.64 bits per heavy atom. The first-order valence-corrected chi connectivity index (χ1v) is 9.25. The molecule has 3 heteroatoms. The molecule has 1 aliphatic heterocycles. The van der Waals surface area contributed by atoms with E-state index in [4.69, 9.17) is 4.74 Å². The summed E-state index contributed by atoms with van der Waals surface area (Å²) in [6, 6.07) is 33.4. The molecule has 0 unspecified atom stereocenters. The fourth-order valence-electron chi connectivity index (χ4n) is 3.71. The smallest absolute Gasteiger partial charge is 0.205 e. The Morgan fingerprint density at radius 2 is 1.04 bits per heavy atom. The van der Waals surface area contributed by atoms with Gasteiger partial charge in [0.2, 0.25) is 5.78 Å². The third-order valence-electron chi connectivity index (χ3n) is 5.00. The number of benzene rings is 4. The van der Waals surface area contributed by atoms with Crippen LogP contribution < -0.4 is 9.64 Å². The van der Waals surface area contributed by atoms with E-state index in [2.05, 4.69) is 12.1 Å². The lowest BCUT2D eigenvalue weighted by Gasteiger charge is -2.26. The van der Waals surface area contributed by atoms with E-state index in [0.717, 1.165) is 44.6 Å². The molecule has 0 radical (unpaired) electrons. The molecule has 5 rings (SSSR count). The van der Waals surface area contributed by atoms with E-state index in [0.29, 0.717) is 0 Å². The summed E-state index contributed by atoms with van der Waals surface area (Å²) in [5.41, 5.74) is 4.51. The number of quaternary nitrogens is 1. The molecule has 4 aromatic rings. The normalized spacial score (nSPS) is 12.9. The van der Waals surface area contributed by atoms with Crippen LogP contribution in [0.3, 0.4) is 0 Å². The second-order valence-electron chi connectivity index (χ2n) is 6.73. The number of fused-ring (bicyclic) bond motifs is 2. The van der Waals surface area contributed by atoms with Gasteiger partial charge in [0, 0.05) is 24.3 Å². The molecule has 0 bridgehead atoms. The van der Waals surface area contributed by atoms with Crippen molar-refractivity contribution in [3.63, 3.8) is 0 Å². The Balaban J connectivity index is 1.56. The van der Waals surface area contributed by atoms with Crippen molar-refractivity contribution in [1.82, 2.24) is 0 Å². The first kappa shape index (κ1) is 16.5. The standard InChI is InChI=1S/C25H17NO2/c27-25-21-10-4-6-12-23(21)26(24-13-7-5-11-22(24)25)18-14-16-20(17-15-18)28-19-8-2-1-3-9-19/h1-17H/p+1. The van der Waals surface area contributed by atoms with Crippen LogP contribution in [0.5, 0.6) is 11.5 Å². The van der Waals surface area contributed by atoms with Crippen LogP contribution >= 0.6 is 0 Å². The highest BCUT2D eigenvalue weighted by molar-refractivity contribution is 6.15. The van der Waals surface area contributed by atoms with Crippen LogP contribution in [0.15, 0.2) is 103 Å². The maximum absolute atomic E-state index is 12.9. The van der Waals surface area contributed by atoms with E-state index in [9.17, 15) is 4.79 Å². The van der Waals surface area contributed by atoms with Crippen molar-refractivity contribution in [2.24, 2.45) is 0 Å². The third kappa shape index (κ3) is 2.79. The largest absolute Gasteiger partial charge is 0.457 e. The summed E-state index contributed by atoms with van der Waals surface area (Å²) in [5.74, 6) is 1.67. The number of nitrogens with one attached hydrogen (secondary N) is 1. The Hall–Kier alpha value is -3.69. The molecule has 3 nitrogen and oxygen atoms in total. The number of ketones is 1. The van der Waals surface area contributed by atoms with E-state index < -0.39 is 0 Å². The summed E-state index contributed by atoms with van der Waals surface area (Å²) in [6.07, 6.45) is 0. The van der Waals surface area contributed by atoms with Gasteiger partial charge in [-0.1, -0.05) is 42.5 Å². The fourth-order valence-corrected chi connectivity index (χ4v) is 3.71. The number of rotatable bonds is 3. The van der Waals surface area contributed by atoms with E-state index >= 15 is 0 Å². The maximum atomic E-state index is 12.9. The summed E-state index contributed by atoms with van der Waals surface area (Å²) in [7, 11) is 0. The number of carbonyl (C=O) groups is 1. The molecule has 0 saturated carbocycles.